The van der Waals surface area contributed by atoms with Gasteiger partial charge in [-0.2, -0.15) is 0 Å². The molecule has 1 radical (unpaired) electrons. The minimum atomic E-state index is -0.171. The van der Waals surface area contributed by atoms with Gasteiger partial charge in [0, 0.05) is 0 Å². The van der Waals surface area contributed by atoms with Crippen molar-refractivity contribution in [3.05, 3.63) is 0 Å². The van der Waals surface area contributed by atoms with Crippen LogP contribution < -0.4 is 0 Å². The predicted molar refractivity (Wildman–Crippen MR) is 63.9 cm³/mol. The van der Waals surface area contributed by atoms with Crippen molar-refractivity contribution in [1.82, 2.24) is 0 Å². The van der Waals surface area contributed by atoms with Crippen LogP contribution in [0.2, 0.25) is 26.4 Å². The van der Waals surface area contributed by atoms with Crippen molar-refractivity contribution in [2.75, 3.05) is 0 Å². The van der Waals surface area contributed by atoms with Crippen LogP contribution in [0.4, 0.5) is 0 Å². The van der Waals surface area contributed by atoms with Crippen molar-refractivity contribution >= 4 is 29.4 Å². The van der Waals surface area contributed by atoms with E-state index in [9.17, 15) is 0 Å². The van der Waals surface area contributed by atoms with Crippen LogP contribution in [0.5, 0.6) is 0 Å². The van der Waals surface area contributed by atoms with E-state index >= 15 is 0 Å². The van der Waals surface area contributed by atoms with Gasteiger partial charge in [-0.25, -0.2) is 0 Å². The van der Waals surface area contributed by atoms with E-state index in [1.54, 1.807) is 0 Å². The van der Waals surface area contributed by atoms with Crippen LogP contribution in [0.1, 0.15) is 34.6 Å². The number of hydrogen-bond donors (Lipinski definition) is 0. The van der Waals surface area contributed by atoms with Gasteiger partial charge < -0.3 is 0 Å². The zero-order chi connectivity index (χ0) is 9.82. The lowest BCUT2D eigenvalue weighted by atomic mass is 10.9. The van der Waals surface area contributed by atoms with E-state index in [0.717, 1.165) is 15.2 Å². The molecule has 0 fully saturated rings. The first kappa shape index (κ1) is 15.5. The Balaban J connectivity index is 0. The summed E-state index contributed by atoms with van der Waals surface area (Å²) in [5.41, 5.74) is 0. The molecule has 0 aromatic carbocycles. The van der Waals surface area contributed by atoms with Crippen LogP contribution in [0.15, 0.2) is 0 Å². The van der Waals surface area contributed by atoms with E-state index in [1.165, 1.54) is 26.4 Å². The maximum atomic E-state index is 2.32. The molecule has 0 aliphatic rings. The standard InChI is InChI=1S/5C2H5.2Al/c5*1-2;;/h5*1H2,2H3;;. The normalized spacial score (nSPS) is 8.42. The number of hydrogen-bond acceptors (Lipinski definition) is 0. The second-order valence-corrected chi connectivity index (χ2v) is 9.59. The van der Waals surface area contributed by atoms with E-state index in [0.29, 0.717) is 0 Å². The predicted octanol–water partition coefficient (Wildman–Crippen LogP) is 4.11. The molecule has 0 aromatic heterocycles. The SMILES string of the molecule is C[CH2][Al]([CH2]C)[CH2]C.C[CH2][Al][CH2]C. The summed E-state index contributed by atoms with van der Waals surface area (Å²) in [6.07, 6.45) is 0. The number of rotatable bonds is 5. The molecule has 0 saturated carbocycles. The highest BCUT2D eigenvalue weighted by Crippen LogP contribution is 2.01. The summed E-state index contributed by atoms with van der Waals surface area (Å²) in [5.74, 6) is 0. The van der Waals surface area contributed by atoms with Crippen LogP contribution in [0.25, 0.3) is 0 Å². The third-order valence-corrected chi connectivity index (χ3v) is 6.93. The van der Waals surface area contributed by atoms with Gasteiger partial charge in [-0.05, 0) is 0 Å². The molecule has 0 rings (SSSR count). The molecular formula is C10H25Al2. The zero-order valence-corrected chi connectivity index (χ0v) is 12.0. The van der Waals surface area contributed by atoms with Gasteiger partial charge in [0.05, 0.1) is 0 Å². The van der Waals surface area contributed by atoms with E-state index in [-0.39, 0.29) is 14.1 Å². The Morgan fingerprint density at radius 2 is 1.08 bits per heavy atom. The van der Waals surface area contributed by atoms with Crippen molar-refractivity contribution < 1.29 is 0 Å². The van der Waals surface area contributed by atoms with Crippen molar-refractivity contribution in [1.29, 1.82) is 0 Å². The summed E-state index contributed by atoms with van der Waals surface area (Å²) < 4.78 is 0. The first-order chi connectivity index (χ1) is 5.76. The van der Waals surface area contributed by atoms with Gasteiger partial charge in [-0.1, -0.05) is 50.5 Å². The quantitative estimate of drug-likeness (QED) is 0.584. The van der Waals surface area contributed by atoms with Gasteiger partial charge in [0.15, 0.2) is 15.2 Å². The summed E-state index contributed by atoms with van der Waals surface area (Å²) in [6, 6.07) is 0. The molecule has 71 valence electrons. The van der Waals surface area contributed by atoms with Gasteiger partial charge in [0.2, 0.25) is 0 Å². The Morgan fingerprint density at radius 1 is 0.750 bits per heavy atom. The van der Waals surface area contributed by atoms with Crippen LogP contribution in [0.3, 0.4) is 0 Å². The van der Waals surface area contributed by atoms with Crippen molar-refractivity contribution in [3.8, 4) is 0 Å². The van der Waals surface area contributed by atoms with Crippen LogP contribution in [-0.2, 0) is 0 Å². The van der Waals surface area contributed by atoms with Crippen molar-refractivity contribution in [2.45, 2.75) is 61.0 Å². The van der Waals surface area contributed by atoms with Crippen LogP contribution in [0, 0.1) is 0 Å². The Labute approximate surface area is 90.2 Å². The molecule has 0 aromatic rings. The van der Waals surface area contributed by atoms with Crippen molar-refractivity contribution in [2.24, 2.45) is 0 Å². The smallest absolute Gasteiger partial charge is 0.106 e. The van der Waals surface area contributed by atoms with Gasteiger partial charge in [-0.15, -0.1) is 10.6 Å². The third-order valence-electron chi connectivity index (χ3n) is 2.31. The lowest BCUT2D eigenvalue weighted by molar-refractivity contribution is 1.24. The molecule has 0 aliphatic heterocycles. The third kappa shape index (κ3) is 13.6. The molecule has 0 unspecified atom stereocenters. The highest BCUT2D eigenvalue weighted by Gasteiger charge is 2.05. The summed E-state index contributed by atoms with van der Waals surface area (Å²) in [4.78, 5) is 0. The molecule has 0 aliphatic carbocycles. The molecular weight excluding hydrogens is 174 g/mol. The van der Waals surface area contributed by atoms with Gasteiger partial charge in [0.25, 0.3) is 14.1 Å². The maximum absolute atomic E-state index is 2.32. The largest absolute Gasteiger partial charge is 0.261 e. The molecule has 0 nitrogen and oxygen atoms in total. The monoisotopic (exact) mass is 199 g/mol. The molecule has 0 atom stereocenters. The highest BCUT2D eigenvalue weighted by molar-refractivity contribution is 6.58. The Bertz CT molecular complexity index is 53.3. The van der Waals surface area contributed by atoms with Gasteiger partial charge in [-0.3, -0.25) is 0 Å². The second-order valence-electron chi connectivity index (χ2n) is 3.20. The van der Waals surface area contributed by atoms with E-state index in [4.69, 9.17) is 0 Å². The Hall–Kier alpha value is 1.06. The first-order valence-corrected chi connectivity index (χ1v) is 9.66. The molecule has 0 saturated heterocycles. The molecule has 0 heterocycles. The lowest BCUT2D eigenvalue weighted by Gasteiger charge is -1.97. The van der Waals surface area contributed by atoms with Gasteiger partial charge >= 0.3 is 0 Å². The molecule has 0 N–H and O–H groups in total. The Kier molecular flexibility index (Phi) is 18.9. The fraction of sp³-hybridized carbons (Fsp3) is 1.00. The van der Waals surface area contributed by atoms with E-state index < -0.39 is 0 Å². The minimum Gasteiger partial charge on any atom is -0.106 e. The van der Waals surface area contributed by atoms with E-state index in [1.807, 2.05) is 0 Å². The molecule has 12 heavy (non-hydrogen) atoms. The Morgan fingerprint density at radius 3 is 1.08 bits per heavy atom. The average molecular weight is 199 g/mol. The molecule has 0 amide bonds. The summed E-state index contributed by atoms with van der Waals surface area (Å²) in [5, 5.41) is 7.33. The highest BCUT2D eigenvalue weighted by atomic mass is 27.2. The van der Waals surface area contributed by atoms with E-state index in [2.05, 4.69) is 34.6 Å². The maximum Gasteiger partial charge on any atom is 0.261 e. The topological polar surface area (TPSA) is 0 Å². The molecule has 2 heteroatoms. The minimum absolute atomic E-state index is 0.171. The lowest BCUT2D eigenvalue weighted by Crippen LogP contribution is -2.04. The van der Waals surface area contributed by atoms with Crippen LogP contribution in [-0.4, -0.2) is 29.4 Å². The van der Waals surface area contributed by atoms with Gasteiger partial charge in [0.1, 0.15) is 0 Å². The summed E-state index contributed by atoms with van der Waals surface area (Å²) in [6.45, 7) is 11.5. The van der Waals surface area contributed by atoms with Crippen molar-refractivity contribution in [3.63, 3.8) is 0 Å². The fourth-order valence-electron chi connectivity index (χ4n) is 1.15. The molecule has 0 spiro atoms. The first-order valence-electron chi connectivity index (χ1n) is 5.58. The average Bonchev–Trinajstić information content (AvgIpc) is 2.10. The fourth-order valence-corrected chi connectivity index (χ4v) is 3.46. The molecule has 0 bridgehead atoms. The zero-order valence-electron chi connectivity index (χ0n) is 9.69. The summed E-state index contributed by atoms with van der Waals surface area (Å²) >= 11 is 0.644. The summed E-state index contributed by atoms with van der Waals surface area (Å²) in [7, 11) is 0. The second kappa shape index (κ2) is 14.6. The van der Waals surface area contributed by atoms with Crippen LogP contribution >= 0.6 is 0 Å².